The Hall–Kier alpha value is -2.96. The summed E-state index contributed by atoms with van der Waals surface area (Å²) in [5, 5.41) is 1.98. The number of hydrogen-bond donors (Lipinski definition) is 0. The van der Waals surface area contributed by atoms with Crippen LogP contribution in [0.4, 0.5) is 0 Å². The van der Waals surface area contributed by atoms with E-state index in [0.717, 1.165) is 22.6 Å². The molecule has 1 aromatic carbocycles. The van der Waals surface area contributed by atoms with Crippen molar-refractivity contribution < 1.29 is 4.74 Å². The summed E-state index contributed by atoms with van der Waals surface area (Å²) in [7, 11) is 1.61. The molecule has 0 unspecified atom stereocenters. The average Bonchev–Trinajstić information content (AvgIpc) is 3.14. The topological polar surface area (TPSA) is 56.5 Å². The van der Waals surface area contributed by atoms with E-state index in [4.69, 9.17) is 16.3 Å². The van der Waals surface area contributed by atoms with E-state index in [9.17, 15) is 4.79 Å². The van der Waals surface area contributed by atoms with Crippen LogP contribution in [0.15, 0.2) is 59.0 Å². The second-order valence-electron chi connectivity index (χ2n) is 5.70. The van der Waals surface area contributed by atoms with Crippen LogP contribution in [0.25, 0.3) is 28.4 Å². The number of pyridine rings is 1. The Bertz CT molecular complexity index is 1180. The molecule has 0 bridgehead atoms. The molecular weight excluding hydrogens is 382 g/mol. The molecule has 3 aromatic heterocycles. The Kier molecular flexibility index (Phi) is 4.75. The molecule has 0 aliphatic carbocycles. The maximum Gasteiger partial charge on any atom is 0.278 e. The van der Waals surface area contributed by atoms with Crippen molar-refractivity contribution >= 4 is 40.1 Å². The lowest BCUT2D eigenvalue weighted by molar-refractivity contribution is 0.415. The highest BCUT2D eigenvalue weighted by Gasteiger charge is 2.14. The maximum absolute atomic E-state index is 12.9. The molecule has 5 nitrogen and oxygen atoms in total. The van der Waals surface area contributed by atoms with E-state index in [1.54, 1.807) is 25.6 Å². The van der Waals surface area contributed by atoms with Crippen molar-refractivity contribution in [3.8, 4) is 17.0 Å². The zero-order chi connectivity index (χ0) is 18.8. The number of rotatable bonds is 4. The van der Waals surface area contributed by atoms with E-state index in [2.05, 4.69) is 9.97 Å². The number of hydrogen-bond acceptors (Lipinski definition) is 5. The zero-order valence-corrected chi connectivity index (χ0v) is 15.9. The van der Waals surface area contributed by atoms with Crippen LogP contribution in [0.2, 0.25) is 5.02 Å². The van der Waals surface area contributed by atoms with Gasteiger partial charge in [-0.25, -0.2) is 9.38 Å². The molecule has 134 valence electrons. The highest BCUT2D eigenvalue weighted by atomic mass is 35.5. The van der Waals surface area contributed by atoms with Gasteiger partial charge in [0.15, 0.2) is 4.96 Å². The number of ether oxygens (including phenoxy) is 1. The van der Waals surface area contributed by atoms with Gasteiger partial charge in [0.25, 0.3) is 5.56 Å². The molecular formula is C20H14ClN3O2S. The summed E-state index contributed by atoms with van der Waals surface area (Å²) >= 11 is 7.72. The number of benzene rings is 1. The van der Waals surface area contributed by atoms with Crippen LogP contribution in [0.1, 0.15) is 11.3 Å². The van der Waals surface area contributed by atoms with Gasteiger partial charge in [-0.05, 0) is 47.5 Å². The minimum Gasteiger partial charge on any atom is -0.497 e. The van der Waals surface area contributed by atoms with Crippen molar-refractivity contribution in [2.45, 2.75) is 0 Å². The molecule has 4 rings (SSSR count). The second kappa shape index (κ2) is 7.34. The first-order valence-corrected chi connectivity index (χ1v) is 9.35. The van der Waals surface area contributed by atoms with Crippen molar-refractivity contribution in [3.05, 3.63) is 80.8 Å². The number of thiazole rings is 1. The smallest absolute Gasteiger partial charge is 0.278 e. The fourth-order valence-corrected chi connectivity index (χ4v) is 3.75. The van der Waals surface area contributed by atoms with Crippen LogP contribution in [-0.4, -0.2) is 21.5 Å². The predicted octanol–water partition coefficient (Wildman–Crippen LogP) is 4.65. The largest absolute Gasteiger partial charge is 0.497 e. The average molecular weight is 396 g/mol. The Morgan fingerprint density at radius 1 is 1.19 bits per heavy atom. The maximum atomic E-state index is 12.9. The van der Waals surface area contributed by atoms with Gasteiger partial charge in [-0.15, -0.1) is 11.3 Å². The monoisotopic (exact) mass is 395 g/mol. The molecule has 0 saturated heterocycles. The number of halogens is 1. The molecule has 4 aromatic rings. The molecule has 7 heteroatoms. The third-order valence-corrected chi connectivity index (χ3v) is 5.22. The van der Waals surface area contributed by atoms with Crippen molar-refractivity contribution in [1.82, 2.24) is 14.4 Å². The Morgan fingerprint density at radius 3 is 2.70 bits per heavy atom. The molecule has 3 heterocycles. The number of methoxy groups -OCH3 is 1. The Morgan fingerprint density at radius 2 is 2.00 bits per heavy atom. The number of fused-ring (bicyclic) bond motifs is 1. The van der Waals surface area contributed by atoms with Crippen LogP contribution < -0.4 is 10.3 Å². The van der Waals surface area contributed by atoms with Crippen molar-refractivity contribution in [2.75, 3.05) is 7.11 Å². The third kappa shape index (κ3) is 3.37. The molecule has 0 spiro atoms. The quantitative estimate of drug-likeness (QED) is 0.504. The minimum absolute atomic E-state index is 0.0841. The van der Waals surface area contributed by atoms with Gasteiger partial charge < -0.3 is 4.74 Å². The van der Waals surface area contributed by atoms with E-state index in [1.165, 1.54) is 15.7 Å². The second-order valence-corrected chi connectivity index (χ2v) is 6.92. The Balaban J connectivity index is 1.79. The van der Waals surface area contributed by atoms with Crippen LogP contribution in [0.5, 0.6) is 5.75 Å². The molecule has 0 saturated carbocycles. The van der Waals surface area contributed by atoms with Gasteiger partial charge in [0.1, 0.15) is 10.8 Å². The summed E-state index contributed by atoms with van der Waals surface area (Å²) in [6.07, 6.45) is 6.98. The van der Waals surface area contributed by atoms with Crippen molar-refractivity contribution in [3.63, 3.8) is 0 Å². The van der Waals surface area contributed by atoms with Gasteiger partial charge in [-0.2, -0.15) is 0 Å². The van der Waals surface area contributed by atoms with Gasteiger partial charge in [0.05, 0.1) is 18.5 Å². The summed E-state index contributed by atoms with van der Waals surface area (Å²) in [6.45, 7) is 0. The molecule has 0 atom stereocenters. The number of nitrogens with zero attached hydrogens (tertiary/aromatic N) is 3. The van der Waals surface area contributed by atoms with E-state index >= 15 is 0 Å². The Labute approximate surface area is 164 Å². The number of aromatic nitrogens is 3. The van der Waals surface area contributed by atoms with Crippen molar-refractivity contribution in [1.29, 1.82) is 0 Å². The molecule has 0 aliphatic heterocycles. The summed E-state index contributed by atoms with van der Waals surface area (Å²) < 4.78 is 6.72. The zero-order valence-electron chi connectivity index (χ0n) is 14.3. The van der Waals surface area contributed by atoms with Crippen LogP contribution in [0, 0.1) is 0 Å². The summed E-state index contributed by atoms with van der Waals surface area (Å²) in [5.74, 6) is 0.754. The fraction of sp³-hybridized carbons (Fsp3) is 0.0500. The molecule has 0 amide bonds. The molecule has 0 N–H and O–H groups in total. The SMILES string of the molecule is COc1ccc(-c2csc3nc(/C=C/c4cccnc4)c(Cl)c(=O)n23)cc1. The molecule has 0 fully saturated rings. The van der Waals surface area contributed by atoms with Crippen LogP contribution in [0.3, 0.4) is 0 Å². The van der Waals surface area contributed by atoms with E-state index < -0.39 is 0 Å². The van der Waals surface area contributed by atoms with Gasteiger partial charge in [-0.3, -0.25) is 9.78 Å². The lowest BCUT2D eigenvalue weighted by Crippen LogP contribution is -2.16. The predicted molar refractivity (Wildman–Crippen MR) is 110 cm³/mol. The third-order valence-electron chi connectivity index (χ3n) is 4.04. The first kappa shape index (κ1) is 17.5. The van der Waals surface area contributed by atoms with Gasteiger partial charge in [0, 0.05) is 17.8 Å². The minimum atomic E-state index is -0.292. The summed E-state index contributed by atoms with van der Waals surface area (Å²) in [5.41, 5.74) is 2.69. The summed E-state index contributed by atoms with van der Waals surface area (Å²) in [4.78, 5) is 22.1. The van der Waals surface area contributed by atoms with Gasteiger partial charge in [0.2, 0.25) is 0 Å². The molecule has 27 heavy (non-hydrogen) atoms. The summed E-state index contributed by atoms with van der Waals surface area (Å²) in [6, 6.07) is 11.3. The van der Waals surface area contributed by atoms with E-state index in [-0.39, 0.29) is 10.6 Å². The van der Waals surface area contributed by atoms with E-state index in [1.807, 2.05) is 47.9 Å². The lowest BCUT2D eigenvalue weighted by Gasteiger charge is -2.05. The normalized spacial score (nSPS) is 11.3. The molecule has 0 aliphatic rings. The van der Waals surface area contributed by atoms with Crippen LogP contribution in [-0.2, 0) is 0 Å². The van der Waals surface area contributed by atoms with Crippen molar-refractivity contribution in [2.24, 2.45) is 0 Å². The first-order chi connectivity index (χ1) is 13.2. The standard InChI is InChI=1S/C20H14ClN3O2S/c1-26-15-7-5-14(6-8-15)17-12-27-20-23-16(18(21)19(25)24(17)20)9-4-13-3-2-10-22-11-13/h2-12H,1H3/b9-4+. The van der Waals surface area contributed by atoms with Gasteiger partial charge >= 0.3 is 0 Å². The highest BCUT2D eigenvalue weighted by molar-refractivity contribution is 7.15. The van der Waals surface area contributed by atoms with E-state index in [0.29, 0.717) is 10.7 Å². The highest BCUT2D eigenvalue weighted by Crippen LogP contribution is 2.27. The fourth-order valence-electron chi connectivity index (χ4n) is 2.67. The van der Waals surface area contributed by atoms with Gasteiger partial charge in [-0.1, -0.05) is 23.7 Å². The first-order valence-electron chi connectivity index (χ1n) is 8.09. The molecule has 0 radical (unpaired) electrons. The van der Waals surface area contributed by atoms with Crippen LogP contribution >= 0.6 is 22.9 Å². The lowest BCUT2D eigenvalue weighted by atomic mass is 10.1.